The minimum atomic E-state index is -2.03. The zero-order chi connectivity index (χ0) is 25.2. The first-order valence-corrected chi connectivity index (χ1v) is 17.9. The first kappa shape index (κ1) is 29.1. The van der Waals surface area contributed by atoms with E-state index in [1.54, 1.807) is 15.9 Å². The Balaban J connectivity index is 1.45. The summed E-state index contributed by atoms with van der Waals surface area (Å²) in [6.45, 7) is 0. The molecule has 0 spiro atoms. The van der Waals surface area contributed by atoms with Crippen molar-refractivity contribution < 1.29 is 0 Å². The van der Waals surface area contributed by atoms with Crippen molar-refractivity contribution in [2.75, 3.05) is 11.5 Å². The summed E-state index contributed by atoms with van der Waals surface area (Å²) >= 11 is 3.53. The van der Waals surface area contributed by atoms with E-state index in [0.717, 1.165) is 0 Å². The topological polar surface area (TPSA) is 0 Å². The molecule has 0 saturated carbocycles. The van der Waals surface area contributed by atoms with Gasteiger partial charge in [0.2, 0.25) is 0 Å². The zero-order valence-electron chi connectivity index (χ0n) is 22.4. The molecule has 0 fully saturated rings. The normalized spacial score (nSPS) is 12.0. The van der Waals surface area contributed by atoms with Gasteiger partial charge in [0.15, 0.2) is 0 Å². The van der Waals surface area contributed by atoms with Crippen LogP contribution in [0, 0.1) is 0 Å². The van der Waals surface area contributed by atoms with E-state index in [1.165, 1.54) is 101 Å². The van der Waals surface area contributed by atoms with Crippen molar-refractivity contribution in [2.24, 2.45) is 0 Å². The number of alkyl halides is 1. The van der Waals surface area contributed by atoms with Crippen LogP contribution in [0.4, 0.5) is 0 Å². The summed E-state index contributed by atoms with van der Waals surface area (Å²) in [6, 6.07) is 34.2. The van der Waals surface area contributed by atoms with Crippen molar-refractivity contribution in [3.05, 3.63) is 91.0 Å². The standard InChI is InChI=1S/C34H48BrP/c35-30-22-11-9-7-5-3-1-2-4-6-8-10-12-23-31-36(32-24-16-13-17-25-32,33-26-18-14-19-27-33)34-28-20-15-21-29-34/h13-21,24-29,36H,1-12,22-23,30-31H2. The van der Waals surface area contributed by atoms with Crippen LogP contribution in [0.2, 0.25) is 0 Å². The van der Waals surface area contributed by atoms with Crippen molar-refractivity contribution >= 4 is 39.1 Å². The summed E-state index contributed by atoms with van der Waals surface area (Å²) in [7, 11) is -2.03. The minimum absolute atomic E-state index is 1.17. The van der Waals surface area contributed by atoms with Crippen LogP contribution in [0.5, 0.6) is 0 Å². The summed E-state index contributed by atoms with van der Waals surface area (Å²) in [5.41, 5.74) is 0. The summed E-state index contributed by atoms with van der Waals surface area (Å²) in [5, 5.41) is 5.81. The van der Waals surface area contributed by atoms with E-state index < -0.39 is 7.26 Å². The Kier molecular flexibility index (Phi) is 14.5. The Morgan fingerprint density at radius 1 is 0.361 bits per heavy atom. The van der Waals surface area contributed by atoms with Gasteiger partial charge in [0.25, 0.3) is 0 Å². The Morgan fingerprint density at radius 3 is 0.944 bits per heavy atom. The van der Waals surface area contributed by atoms with Crippen LogP contribution in [0.3, 0.4) is 0 Å². The third kappa shape index (κ3) is 9.46. The molecule has 0 nitrogen and oxygen atoms in total. The van der Waals surface area contributed by atoms with Gasteiger partial charge in [-0.25, -0.2) is 0 Å². The van der Waals surface area contributed by atoms with Crippen LogP contribution in [0.1, 0.15) is 89.9 Å². The van der Waals surface area contributed by atoms with Crippen LogP contribution in [0.15, 0.2) is 91.0 Å². The van der Waals surface area contributed by atoms with Crippen LogP contribution < -0.4 is 15.9 Å². The first-order valence-electron chi connectivity index (χ1n) is 14.6. The molecule has 0 aliphatic heterocycles. The molecule has 0 saturated heterocycles. The number of unbranched alkanes of at least 4 members (excludes halogenated alkanes) is 13. The van der Waals surface area contributed by atoms with E-state index in [0.29, 0.717) is 0 Å². The summed E-state index contributed by atoms with van der Waals surface area (Å²) in [6.07, 6.45) is 21.0. The molecule has 2 heteroatoms. The van der Waals surface area contributed by atoms with Crippen molar-refractivity contribution in [1.82, 2.24) is 0 Å². The zero-order valence-corrected chi connectivity index (χ0v) is 24.9. The van der Waals surface area contributed by atoms with Gasteiger partial charge >= 0.3 is 191 Å². The number of hydrogen-bond donors (Lipinski definition) is 0. The molecule has 0 N–H and O–H groups in total. The SMILES string of the molecule is BrCCCCCCCCCCCCCCCC[PH](c1ccccc1)(c1ccccc1)c1ccccc1. The Bertz CT molecular complexity index is 813. The van der Waals surface area contributed by atoms with E-state index in [4.69, 9.17) is 0 Å². The van der Waals surface area contributed by atoms with Gasteiger partial charge in [-0.05, 0) is 6.42 Å². The molecule has 0 aromatic heterocycles. The number of halogens is 1. The van der Waals surface area contributed by atoms with E-state index >= 15 is 0 Å². The Labute approximate surface area is 230 Å². The molecule has 196 valence electrons. The second-order valence-electron chi connectivity index (χ2n) is 10.4. The van der Waals surface area contributed by atoms with Gasteiger partial charge in [0, 0.05) is 5.33 Å². The maximum atomic E-state index is 3.53. The molecule has 0 unspecified atom stereocenters. The molecule has 3 rings (SSSR count). The van der Waals surface area contributed by atoms with E-state index in [9.17, 15) is 0 Å². The summed E-state index contributed by atoms with van der Waals surface area (Å²) in [5.74, 6) is 0. The van der Waals surface area contributed by atoms with Crippen LogP contribution in [-0.2, 0) is 0 Å². The van der Waals surface area contributed by atoms with Gasteiger partial charge in [-0.3, -0.25) is 0 Å². The quantitative estimate of drug-likeness (QED) is 0.0769. The molecule has 36 heavy (non-hydrogen) atoms. The molecule has 0 amide bonds. The molecule has 0 radical (unpaired) electrons. The average Bonchev–Trinajstić information content (AvgIpc) is 2.94. The Hall–Kier alpha value is -1.43. The van der Waals surface area contributed by atoms with Crippen LogP contribution >= 0.6 is 23.2 Å². The van der Waals surface area contributed by atoms with Gasteiger partial charge < -0.3 is 0 Å². The molecule has 0 heterocycles. The Morgan fingerprint density at radius 2 is 0.639 bits per heavy atom. The third-order valence-electron chi connectivity index (χ3n) is 7.74. The second kappa shape index (κ2) is 17.9. The maximum absolute atomic E-state index is 3.53. The summed E-state index contributed by atoms with van der Waals surface area (Å²) in [4.78, 5) is 0. The van der Waals surface area contributed by atoms with Crippen molar-refractivity contribution in [1.29, 1.82) is 0 Å². The van der Waals surface area contributed by atoms with Gasteiger partial charge in [0.05, 0.1) is 0 Å². The predicted molar refractivity (Wildman–Crippen MR) is 170 cm³/mol. The fourth-order valence-electron chi connectivity index (χ4n) is 5.71. The van der Waals surface area contributed by atoms with Crippen molar-refractivity contribution in [3.8, 4) is 0 Å². The number of rotatable bonds is 19. The average molecular weight is 568 g/mol. The van der Waals surface area contributed by atoms with Crippen molar-refractivity contribution in [3.63, 3.8) is 0 Å². The van der Waals surface area contributed by atoms with Crippen LogP contribution in [-0.4, -0.2) is 11.5 Å². The van der Waals surface area contributed by atoms with E-state index in [1.807, 2.05) is 0 Å². The van der Waals surface area contributed by atoms with Crippen LogP contribution in [0.25, 0.3) is 0 Å². The molecule has 0 aliphatic carbocycles. The predicted octanol–water partition coefficient (Wildman–Crippen LogP) is 9.57. The van der Waals surface area contributed by atoms with Crippen molar-refractivity contribution in [2.45, 2.75) is 89.9 Å². The molecule has 0 aliphatic rings. The molecule has 0 atom stereocenters. The van der Waals surface area contributed by atoms with Gasteiger partial charge in [0.1, 0.15) is 0 Å². The second-order valence-corrected chi connectivity index (χ2v) is 15.2. The monoisotopic (exact) mass is 566 g/mol. The molecule has 3 aromatic rings. The first-order chi connectivity index (χ1) is 17.9. The number of benzene rings is 3. The van der Waals surface area contributed by atoms with Gasteiger partial charge in [-0.2, -0.15) is 0 Å². The van der Waals surface area contributed by atoms with E-state index in [-0.39, 0.29) is 0 Å². The van der Waals surface area contributed by atoms with Gasteiger partial charge in [-0.1, -0.05) is 28.8 Å². The fourth-order valence-corrected chi connectivity index (χ4v) is 11.0. The molecule has 0 bridgehead atoms. The third-order valence-corrected chi connectivity index (χ3v) is 13.4. The van der Waals surface area contributed by atoms with E-state index in [2.05, 4.69) is 107 Å². The summed E-state index contributed by atoms with van der Waals surface area (Å²) < 4.78 is 0. The molecular weight excluding hydrogens is 519 g/mol. The number of hydrogen-bond acceptors (Lipinski definition) is 0. The fraction of sp³-hybridized carbons (Fsp3) is 0.471. The molecule has 3 aromatic carbocycles. The van der Waals surface area contributed by atoms with Gasteiger partial charge in [-0.15, -0.1) is 0 Å². The molecular formula is C34H48BrP.